The first-order chi connectivity index (χ1) is 10.1. The second-order valence-electron chi connectivity index (χ2n) is 6.28. The van der Waals surface area contributed by atoms with Gasteiger partial charge >= 0.3 is 0 Å². The summed E-state index contributed by atoms with van der Waals surface area (Å²) in [5, 5.41) is 0. The van der Waals surface area contributed by atoms with Crippen LogP contribution in [0.15, 0.2) is 24.3 Å². The molecule has 1 aliphatic carbocycles. The summed E-state index contributed by atoms with van der Waals surface area (Å²) in [6.45, 7) is 5.27. The first kappa shape index (κ1) is 16.0. The molecule has 1 fully saturated rings. The third-order valence-electron chi connectivity index (χ3n) is 4.81. The van der Waals surface area contributed by atoms with Gasteiger partial charge in [-0.3, -0.25) is 4.79 Å². The molecule has 0 radical (unpaired) electrons. The van der Waals surface area contributed by atoms with E-state index in [1.807, 2.05) is 24.0 Å². The van der Waals surface area contributed by atoms with Crippen LogP contribution in [0.4, 0.5) is 5.69 Å². The minimum atomic E-state index is -0.350. The van der Waals surface area contributed by atoms with Crippen molar-refractivity contribution in [2.24, 2.45) is 11.1 Å². The molecule has 1 aromatic carbocycles. The molecule has 2 rings (SSSR count). The van der Waals surface area contributed by atoms with Gasteiger partial charge < -0.3 is 10.6 Å². The number of carbonyl (C=O) groups is 1. The van der Waals surface area contributed by atoms with Gasteiger partial charge in [-0.05, 0) is 38.8 Å². The highest BCUT2D eigenvalue weighted by Crippen LogP contribution is 2.37. The second-order valence-corrected chi connectivity index (χ2v) is 6.28. The third-order valence-corrected chi connectivity index (χ3v) is 4.81. The minimum Gasteiger partial charge on any atom is -0.329 e. The lowest BCUT2D eigenvalue weighted by Crippen LogP contribution is -2.48. The fourth-order valence-corrected chi connectivity index (χ4v) is 3.37. The standard InChI is InChI=1S/C18H28N2O/c1-3-20(16-10-8-15(2)9-11-16)17(21)18(14-19)12-6-4-5-7-13-18/h8-11H,3-7,12-14,19H2,1-2H3. The van der Waals surface area contributed by atoms with Crippen LogP contribution in [-0.2, 0) is 4.79 Å². The molecular weight excluding hydrogens is 260 g/mol. The zero-order valence-electron chi connectivity index (χ0n) is 13.4. The quantitative estimate of drug-likeness (QED) is 0.860. The van der Waals surface area contributed by atoms with E-state index in [1.54, 1.807) is 0 Å². The number of hydrogen-bond acceptors (Lipinski definition) is 2. The number of carbonyl (C=O) groups excluding carboxylic acids is 1. The van der Waals surface area contributed by atoms with E-state index < -0.39 is 0 Å². The Morgan fingerprint density at radius 2 is 1.71 bits per heavy atom. The Bertz CT molecular complexity index is 459. The molecule has 0 bridgehead atoms. The maximum Gasteiger partial charge on any atom is 0.234 e. The van der Waals surface area contributed by atoms with Crippen LogP contribution in [-0.4, -0.2) is 19.0 Å². The van der Waals surface area contributed by atoms with E-state index in [1.165, 1.54) is 18.4 Å². The summed E-state index contributed by atoms with van der Waals surface area (Å²) >= 11 is 0. The van der Waals surface area contributed by atoms with E-state index in [0.717, 1.165) is 31.4 Å². The normalized spacial score (nSPS) is 18.0. The van der Waals surface area contributed by atoms with Crippen molar-refractivity contribution in [2.45, 2.75) is 52.4 Å². The van der Waals surface area contributed by atoms with Gasteiger partial charge in [-0.1, -0.05) is 43.4 Å². The van der Waals surface area contributed by atoms with Crippen molar-refractivity contribution >= 4 is 11.6 Å². The fraction of sp³-hybridized carbons (Fsp3) is 0.611. The molecule has 0 atom stereocenters. The number of hydrogen-bond donors (Lipinski definition) is 1. The molecule has 116 valence electrons. The highest BCUT2D eigenvalue weighted by molar-refractivity contribution is 5.97. The van der Waals surface area contributed by atoms with Crippen molar-refractivity contribution < 1.29 is 4.79 Å². The largest absolute Gasteiger partial charge is 0.329 e. The molecule has 0 heterocycles. The molecule has 0 aromatic heterocycles. The molecule has 0 saturated heterocycles. The average molecular weight is 288 g/mol. The van der Waals surface area contributed by atoms with Gasteiger partial charge in [-0.15, -0.1) is 0 Å². The highest BCUT2D eigenvalue weighted by Gasteiger charge is 2.40. The smallest absolute Gasteiger partial charge is 0.234 e. The lowest BCUT2D eigenvalue weighted by Gasteiger charge is -2.35. The predicted octanol–water partition coefficient (Wildman–Crippen LogP) is 3.65. The number of rotatable bonds is 4. The fourth-order valence-electron chi connectivity index (χ4n) is 3.37. The van der Waals surface area contributed by atoms with Crippen LogP contribution < -0.4 is 10.6 Å². The Kier molecular flexibility index (Phi) is 5.40. The van der Waals surface area contributed by atoms with Crippen molar-refractivity contribution in [2.75, 3.05) is 18.0 Å². The molecule has 0 aliphatic heterocycles. The van der Waals surface area contributed by atoms with E-state index in [0.29, 0.717) is 13.1 Å². The van der Waals surface area contributed by atoms with Crippen LogP contribution in [0.1, 0.15) is 51.0 Å². The Labute approximate surface area is 128 Å². The molecule has 0 unspecified atom stereocenters. The molecule has 3 heteroatoms. The Balaban J connectivity index is 2.26. The van der Waals surface area contributed by atoms with E-state index in [4.69, 9.17) is 5.73 Å². The number of amides is 1. The van der Waals surface area contributed by atoms with Gasteiger partial charge in [0.1, 0.15) is 0 Å². The third kappa shape index (κ3) is 3.46. The van der Waals surface area contributed by atoms with Crippen LogP contribution in [0.2, 0.25) is 0 Å². The van der Waals surface area contributed by atoms with E-state index >= 15 is 0 Å². The molecule has 1 saturated carbocycles. The van der Waals surface area contributed by atoms with Crippen LogP contribution in [0, 0.1) is 12.3 Å². The van der Waals surface area contributed by atoms with E-state index in [9.17, 15) is 4.79 Å². The number of aryl methyl sites for hydroxylation is 1. The molecular formula is C18H28N2O. The van der Waals surface area contributed by atoms with Gasteiger partial charge in [0.05, 0.1) is 5.41 Å². The first-order valence-electron chi connectivity index (χ1n) is 8.21. The first-order valence-corrected chi connectivity index (χ1v) is 8.21. The van der Waals surface area contributed by atoms with Crippen molar-refractivity contribution in [3.63, 3.8) is 0 Å². The molecule has 2 N–H and O–H groups in total. The number of nitrogens with two attached hydrogens (primary N) is 1. The lowest BCUT2D eigenvalue weighted by molar-refractivity contribution is -0.128. The van der Waals surface area contributed by atoms with E-state index in [2.05, 4.69) is 19.1 Å². The van der Waals surface area contributed by atoms with Crippen molar-refractivity contribution in [3.05, 3.63) is 29.8 Å². The molecule has 21 heavy (non-hydrogen) atoms. The summed E-state index contributed by atoms with van der Waals surface area (Å²) in [7, 11) is 0. The topological polar surface area (TPSA) is 46.3 Å². The SMILES string of the molecule is CCN(C(=O)C1(CN)CCCCCC1)c1ccc(C)cc1. The summed E-state index contributed by atoms with van der Waals surface area (Å²) in [4.78, 5) is 15.1. The Morgan fingerprint density at radius 3 is 2.19 bits per heavy atom. The molecule has 3 nitrogen and oxygen atoms in total. The molecule has 1 aromatic rings. The Morgan fingerprint density at radius 1 is 1.14 bits per heavy atom. The van der Waals surface area contributed by atoms with Crippen molar-refractivity contribution in [3.8, 4) is 0 Å². The Hall–Kier alpha value is -1.35. The number of anilines is 1. The predicted molar refractivity (Wildman–Crippen MR) is 88.4 cm³/mol. The summed E-state index contributed by atoms with van der Waals surface area (Å²) < 4.78 is 0. The monoisotopic (exact) mass is 288 g/mol. The summed E-state index contributed by atoms with van der Waals surface area (Å²) in [5.41, 5.74) is 7.91. The lowest BCUT2D eigenvalue weighted by atomic mass is 9.79. The zero-order chi connectivity index (χ0) is 15.3. The van der Waals surface area contributed by atoms with Crippen LogP contribution >= 0.6 is 0 Å². The van der Waals surface area contributed by atoms with Crippen LogP contribution in [0.25, 0.3) is 0 Å². The second kappa shape index (κ2) is 7.08. The summed E-state index contributed by atoms with van der Waals surface area (Å²) in [6, 6.07) is 8.20. The molecule has 1 aliphatic rings. The van der Waals surface area contributed by atoms with Crippen LogP contribution in [0.5, 0.6) is 0 Å². The summed E-state index contributed by atoms with van der Waals surface area (Å²) in [5.74, 6) is 0.221. The molecule has 1 amide bonds. The van der Waals surface area contributed by atoms with Crippen molar-refractivity contribution in [1.82, 2.24) is 0 Å². The maximum absolute atomic E-state index is 13.2. The van der Waals surface area contributed by atoms with E-state index in [-0.39, 0.29) is 11.3 Å². The minimum absolute atomic E-state index is 0.221. The summed E-state index contributed by atoms with van der Waals surface area (Å²) in [6.07, 6.45) is 6.57. The van der Waals surface area contributed by atoms with Gasteiger partial charge in [0, 0.05) is 18.8 Å². The average Bonchev–Trinajstić information content (AvgIpc) is 2.76. The zero-order valence-corrected chi connectivity index (χ0v) is 13.4. The molecule has 0 spiro atoms. The number of benzene rings is 1. The van der Waals surface area contributed by atoms with Crippen LogP contribution in [0.3, 0.4) is 0 Å². The highest BCUT2D eigenvalue weighted by atomic mass is 16.2. The number of nitrogens with zero attached hydrogens (tertiary/aromatic N) is 1. The van der Waals surface area contributed by atoms with Gasteiger partial charge in [0.2, 0.25) is 5.91 Å². The maximum atomic E-state index is 13.2. The van der Waals surface area contributed by atoms with Gasteiger partial charge in [0.15, 0.2) is 0 Å². The van der Waals surface area contributed by atoms with Gasteiger partial charge in [-0.25, -0.2) is 0 Å². The van der Waals surface area contributed by atoms with Crippen molar-refractivity contribution in [1.29, 1.82) is 0 Å². The van der Waals surface area contributed by atoms with Gasteiger partial charge in [0.25, 0.3) is 0 Å². The van der Waals surface area contributed by atoms with Gasteiger partial charge in [-0.2, -0.15) is 0 Å².